The number of anilines is 1. The number of rotatable bonds is 5. The number of hydrogen-bond acceptors (Lipinski definition) is 3. The molecule has 1 saturated heterocycles. The van der Waals surface area contributed by atoms with Gasteiger partial charge in [0.15, 0.2) is 0 Å². The van der Waals surface area contributed by atoms with E-state index in [0.717, 1.165) is 44.3 Å². The monoisotopic (exact) mass is 406 g/mol. The Morgan fingerprint density at radius 3 is 2.43 bits per heavy atom. The van der Waals surface area contributed by atoms with E-state index >= 15 is 0 Å². The number of aliphatic carboxylic acids is 1. The van der Waals surface area contributed by atoms with Crippen molar-refractivity contribution >= 4 is 30.0 Å². The maximum absolute atomic E-state index is 13.3. The first-order valence-corrected chi connectivity index (χ1v) is 10.4. The summed E-state index contributed by atoms with van der Waals surface area (Å²) in [5, 5.41) is 9.80. The lowest BCUT2D eigenvalue weighted by molar-refractivity contribution is -0.149. The predicted molar refractivity (Wildman–Crippen MR) is 112 cm³/mol. The Hall–Kier alpha value is -1.59. The number of likely N-dealkylation sites (tertiary alicyclic amines) is 1. The van der Waals surface area contributed by atoms with Crippen LogP contribution in [0, 0.1) is 11.3 Å². The predicted octanol–water partition coefficient (Wildman–Crippen LogP) is 3.96. The number of carbonyl (C=O) groups is 2. The Morgan fingerprint density at radius 2 is 1.79 bits per heavy atom. The van der Waals surface area contributed by atoms with Gasteiger partial charge in [0, 0.05) is 24.8 Å². The van der Waals surface area contributed by atoms with Gasteiger partial charge in [0.2, 0.25) is 5.91 Å². The fourth-order valence-corrected chi connectivity index (χ4v) is 5.62. The van der Waals surface area contributed by atoms with E-state index < -0.39 is 11.4 Å². The van der Waals surface area contributed by atoms with E-state index in [1.54, 1.807) is 0 Å². The number of carboxylic acids is 1. The van der Waals surface area contributed by atoms with E-state index in [9.17, 15) is 14.7 Å². The van der Waals surface area contributed by atoms with E-state index in [4.69, 9.17) is 0 Å². The molecule has 2 aliphatic carbocycles. The van der Waals surface area contributed by atoms with Gasteiger partial charge in [0.25, 0.3) is 0 Å². The van der Waals surface area contributed by atoms with Crippen LogP contribution in [0.25, 0.3) is 0 Å². The number of hydrogen-bond donors (Lipinski definition) is 1. The molecule has 0 spiro atoms. The van der Waals surface area contributed by atoms with Crippen LogP contribution >= 0.6 is 12.4 Å². The van der Waals surface area contributed by atoms with E-state index in [-0.39, 0.29) is 30.3 Å². The van der Waals surface area contributed by atoms with Gasteiger partial charge in [-0.3, -0.25) is 14.5 Å². The van der Waals surface area contributed by atoms with Crippen LogP contribution in [0.5, 0.6) is 0 Å². The average Bonchev–Trinajstić information content (AvgIpc) is 3.22. The molecule has 0 radical (unpaired) electrons. The minimum atomic E-state index is -0.674. The molecular formula is C22H31ClN2O3. The van der Waals surface area contributed by atoms with Crippen LogP contribution in [0.2, 0.25) is 0 Å². The molecule has 1 N–H and O–H groups in total. The van der Waals surface area contributed by atoms with Crippen molar-refractivity contribution < 1.29 is 14.7 Å². The van der Waals surface area contributed by atoms with E-state index in [2.05, 4.69) is 4.90 Å². The van der Waals surface area contributed by atoms with E-state index in [1.807, 2.05) is 35.2 Å². The number of fused-ring (bicyclic) bond motifs is 1. The summed E-state index contributed by atoms with van der Waals surface area (Å²) in [5.41, 5.74) is 0.352. The van der Waals surface area contributed by atoms with Gasteiger partial charge in [0.05, 0.1) is 12.0 Å². The molecule has 1 aromatic carbocycles. The van der Waals surface area contributed by atoms with Crippen LogP contribution in [-0.4, -0.2) is 47.6 Å². The third-order valence-corrected chi connectivity index (χ3v) is 6.97. The van der Waals surface area contributed by atoms with Crippen molar-refractivity contribution in [1.82, 2.24) is 4.90 Å². The van der Waals surface area contributed by atoms with Gasteiger partial charge in [-0.2, -0.15) is 0 Å². The van der Waals surface area contributed by atoms with Crippen molar-refractivity contribution in [2.24, 2.45) is 11.3 Å². The zero-order valence-corrected chi connectivity index (χ0v) is 17.2. The molecule has 3 fully saturated rings. The van der Waals surface area contributed by atoms with Crippen molar-refractivity contribution in [3.8, 4) is 0 Å². The molecule has 0 unspecified atom stereocenters. The van der Waals surface area contributed by atoms with Crippen molar-refractivity contribution in [1.29, 1.82) is 0 Å². The lowest BCUT2D eigenvalue weighted by Gasteiger charge is -2.35. The van der Waals surface area contributed by atoms with Crippen LogP contribution in [0.4, 0.5) is 5.69 Å². The highest BCUT2D eigenvalue weighted by molar-refractivity contribution is 5.95. The normalized spacial score (nSPS) is 27.8. The van der Waals surface area contributed by atoms with Crippen molar-refractivity contribution in [3.63, 3.8) is 0 Å². The fourth-order valence-electron chi connectivity index (χ4n) is 5.62. The van der Waals surface area contributed by atoms with Crippen LogP contribution in [0.3, 0.4) is 0 Å². The Kier molecular flexibility index (Phi) is 6.66. The highest BCUT2D eigenvalue weighted by atomic mass is 35.5. The number of nitrogens with zero attached hydrogens (tertiary/aromatic N) is 2. The minimum absolute atomic E-state index is 0. The standard InChI is InChI=1S/C22H30N2O3.ClH/c25-20(15-23-14-17-8-7-13-22(17,16-23)21(26)27)24(18-9-3-1-4-10-18)19-11-5-2-6-12-19;/h1,3-4,9-10,17,19H,2,5-8,11-16H2,(H,26,27);1H/t17-,22+;/m0./s1. The maximum atomic E-state index is 13.3. The van der Waals surface area contributed by atoms with E-state index in [1.165, 1.54) is 19.3 Å². The summed E-state index contributed by atoms with van der Waals surface area (Å²) in [7, 11) is 0. The Bertz CT molecular complexity index is 692. The van der Waals surface area contributed by atoms with Gasteiger partial charge in [-0.25, -0.2) is 0 Å². The van der Waals surface area contributed by atoms with Gasteiger partial charge in [-0.1, -0.05) is 43.9 Å². The summed E-state index contributed by atoms with van der Waals surface area (Å²) in [6.07, 6.45) is 8.44. The molecule has 2 saturated carbocycles. The second-order valence-corrected chi connectivity index (χ2v) is 8.61. The smallest absolute Gasteiger partial charge is 0.311 e. The van der Waals surface area contributed by atoms with Gasteiger partial charge in [0.1, 0.15) is 0 Å². The third kappa shape index (κ3) is 3.92. The minimum Gasteiger partial charge on any atom is -0.481 e. The second kappa shape index (κ2) is 8.83. The number of carboxylic acid groups (broad SMARTS) is 1. The number of halogens is 1. The molecule has 1 aliphatic heterocycles. The van der Waals surface area contributed by atoms with Crippen LogP contribution < -0.4 is 4.90 Å². The molecular weight excluding hydrogens is 376 g/mol. The van der Waals surface area contributed by atoms with Crippen LogP contribution in [0.1, 0.15) is 51.4 Å². The molecule has 5 nitrogen and oxygen atoms in total. The summed E-state index contributed by atoms with van der Waals surface area (Å²) in [6.45, 7) is 1.59. The second-order valence-electron chi connectivity index (χ2n) is 8.61. The molecule has 2 atom stereocenters. The summed E-state index contributed by atoms with van der Waals surface area (Å²) >= 11 is 0. The fraction of sp³-hybridized carbons (Fsp3) is 0.636. The lowest BCUT2D eigenvalue weighted by Crippen LogP contribution is -2.47. The molecule has 28 heavy (non-hydrogen) atoms. The SMILES string of the molecule is Cl.O=C(CN1C[C@@H]2CCC[C@@]2(C(=O)O)C1)N(c1ccccc1)C1CCCCC1. The summed E-state index contributed by atoms with van der Waals surface area (Å²) in [4.78, 5) is 29.3. The Morgan fingerprint density at radius 1 is 1.07 bits per heavy atom. The van der Waals surface area contributed by atoms with Gasteiger partial charge in [-0.05, 0) is 43.7 Å². The molecule has 1 amide bonds. The highest BCUT2D eigenvalue weighted by Gasteiger charge is 2.55. The number of carbonyl (C=O) groups excluding carboxylic acids is 1. The van der Waals surface area contributed by atoms with E-state index in [0.29, 0.717) is 13.1 Å². The molecule has 0 bridgehead atoms. The first kappa shape index (κ1) is 21.1. The number of para-hydroxylation sites is 1. The summed E-state index contributed by atoms with van der Waals surface area (Å²) < 4.78 is 0. The Labute approximate surface area is 173 Å². The molecule has 3 aliphatic rings. The summed E-state index contributed by atoms with van der Waals surface area (Å²) in [5.74, 6) is -0.358. The van der Waals surface area contributed by atoms with Gasteiger partial charge < -0.3 is 10.0 Å². The molecule has 1 aromatic rings. The van der Waals surface area contributed by atoms with Crippen LogP contribution in [-0.2, 0) is 9.59 Å². The van der Waals surface area contributed by atoms with Crippen molar-refractivity contribution in [3.05, 3.63) is 30.3 Å². The highest BCUT2D eigenvalue weighted by Crippen LogP contribution is 2.48. The first-order chi connectivity index (χ1) is 13.1. The molecule has 0 aromatic heterocycles. The quantitative estimate of drug-likeness (QED) is 0.803. The third-order valence-electron chi connectivity index (χ3n) is 6.97. The van der Waals surface area contributed by atoms with Gasteiger partial charge >= 0.3 is 5.97 Å². The number of benzene rings is 1. The van der Waals surface area contributed by atoms with Crippen molar-refractivity contribution in [2.45, 2.75) is 57.4 Å². The van der Waals surface area contributed by atoms with Gasteiger partial charge in [-0.15, -0.1) is 12.4 Å². The Balaban J connectivity index is 0.00000225. The average molecular weight is 407 g/mol. The molecule has 154 valence electrons. The molecule has 1 heterocycles. The maximum Gasteiger partial charge on any atom is 0.311 e. The topological polar surface area (TPSA) is 60.9 Å². The summed E-state index contributed by atoms with van der Waals surface area (Å²) in [6, 6.07) is 10.2. The van der Waals surface area contributed by atoms with Crippen molar-refractivity contribution in [2.75, 3.05) is 24.5 Å². The molecule has 6 heteroatoms. The zero-order valence-electron chi connectivity index (χ0n) is 16.4. The molecule has 4 rings (SSSR count). The first-order valence-electron chi connectivity index (χ1n) is 10.4. The van der Waals surface area contributed by atoms with Crippen LogP contribution in [0.15, 0.2) is 30.3 Å². The number of amides is 1. The lowest BCUT2D eigenvalue weighted by atomic mass is 9.81. The zero-order chi connectivity index (χ0) is 18.9. The largest absolute Gasteiger partial charge is 0.481 e.